The second-order valence-electron chi connectivity index (χ2n) is 6.67. The molecule has 3 amide bonds. The minimum absolute atomic E-state index is 0.0641. The first kappa shape index (κ1) is 19.4. The molecule has 3 N–H and O–H groups in total. The lowest BCUT2D eigenvalue weighted by Crippen LogP contribution is -2.25. The Morgan fingerprint density at radius 2 is 1.68 bits per heavy atom. The summed E-state index contributed by atoms with van der Waals surface area (Å²) in [6.45, 7) is 1.78. The molecule has 3 rings (SSSR count). The van der Waals surface area contributed by atoms with Crippen LogP contribution in [-0.2, 0) is 9.59 Å². The highest BCUT2D eigenvalue weighted by Gasteiger charge is 2.23. The third-order valence-electron chi connectivity index (χ3n) is 4.25. The third-order valence-corrected chi connectivity index (χ3v) is 4.25. The van der Waals surface area contributed by atoms with Crippen LogP contribution in [0.25, 0.3) is 6.08 Å². The molecule has 1 fully saturated rings. The Bertz CT molecular complexity index is 899. The standard InChI is InChI=1S/C22H23N3O3/c1-2-20(26)23-18-4-3-5-19(14-18)24-21(27)13-8-15-6-9-16(10-7-15)22(28)25-17-11-12-17/h3-10,13-14,17H,2,11-12H2,1H3,(H,23,26)(H,24,27)(H,25,28)/b13-8+. The van der Waals surface area contributed by atoms with Gasteiger partial charge in [-0.2, -0.15) is 0 Å². The summed E-state index contributed by atoms with van der Waals surface area (Å²) in [5, 5.41) is 8.45. The van der Waals surface area contributed by atoms with Crippen molar-refractivity contribution < 1.29 is 14.4 Å². The third kappa shape index (κ3) is 5.81. The van der Waals surface area contributed by atoms with E-state index in [-0.39, 0.29) is 17.7 Å². The van der Waals surface area contributed by atoms with Crippen LogP contribution >= 0.6 is 0 Å². The number of carbonyl (C=O) groups is 3. The number of nitrogens with one attached hydrogen (secondary N) is 3. The molecule has 6 nitrogen and oxygen atoms in total. The first-order chi connectivity index (χ1) is 13.5. The van der Waals surface area contributed by atoms with Gasteiger partial charge in [-0.15, -0.1) is 0 Å². The van der Waals surface area contributed by atoms with Gasteiger partial charge in [0.1, 0.15) is 0 Å². The molecule has 0 bridgehead atoms. The maximum Gasteiger partial charge on any atom is 0.251 e. The van der Waals surface area contributed by atoms with Crippen LogP contribution < -0.4 is 16.0 Å². The van der Waals surface area contributed by atoms with E-state index in [1.165, 1.54) is 6.08 Å². The zero-order valence-corrected chi connectivity index (χ0v) is 15.7. The van der Waals surface area contributed by atoms with Gasteiger partial charge >= 0.3 is 0 Å². The maximum atomic E-state index is 12.1. The smallest absolute Gasteiger partial charge is 0.251 e. The molecule has 6 heteroatoms. The molecule has 0 unspecified atom stereocenters. The number of hydrogen-bond acceptors (Lipinski definition) is 3. The molecule has 0 atom stereocenters. The number of carbonyl (C=O) groups excluding carboxylic acids is 3. The average Bonchev–Trinajstić information content (AvgIpc) is 3.51. The Balaban J connectivity index is 1.55. The SMILES string of the molecule is CCC(=O)Nc1cccc(NC(=O)/C=C/c2ccc(C(=O)NC3CC3)cc2)c1. The Kier molecular flexibility index (Phi) is 6.22. The molecule has 0 aliphatic heterocycles. The predicted molar refractivity (Wildman–Crippen MR) is 110 cm³/mol. The van der Waals surface area contributed by atoms with E-state index in [9.17, 15) is 14.4 Å². The summed E-state index contributed by atoms with van der Waals surface area (Å²) in [6.07, 6.45) is 5.60. The summed E-state index contributed by atoms with van der Waals surface area (Å²) in [5.74, 6) is -0.432. The van der Waals surface area contributed by atoms with E-state index in [0.29, 0.717) is 29.4 Å². The van der Waals surface area contributed by atoms with Crippen molar-refractivity contribution in [2.45, 2.75) is 32.2 Å². The van der Waals surface area contributed by atoms with Gasteiger partial charge in [0, 0.05) is 35.5 Å². The van der Waals surface area contributed by atoms with Crippen LogP contribution in [0.15, 0.2) is 54.6 Å². The zero-order valence-electron chi connectivity index (χ0n) is 15.7. The van der Waals surface area contributed by atoms with E-state index in [2.05, 4.69) is 16.0 Å². The highest BCUT2D eigenvalue weighted by molar-refractivity contribution is 6.02. The van der Waals surface area contributed by atoms with Gasteiger partial charge in [0.2, 0.25) is 11.8 Å². The molecule has 2 aromatic carbocycles. The summed E-state index contributed by atoms with van der Waals surface area (Å²) in [5.41, 5.74) is 2.66. The van der Waals surface area contributed by atoms with Crippen LogP contribution in [-0.4, -0.2) is 23.8 Å². The largest absolute Gasteiger partial charge is 0.349 e. The monoisotopic (exact) mass is 377 g/mol. The highest BCUT2D eigenvalue weighted by atomic mass is 16.2. The number of rotatable bonds is 7. The number of hydrogen-bond donors (Lipinski definition) is 3. The van der Waals surface area contributed by atoms with Crippen molar-refractivity contribution in [2.75, 3.05) is 10.6 Å². The molecule has 1 saturated carbocycles. The molecular weight excluding hydrogens is 354 g/mol. The van der Waals surface area contributed by atoms with Crippen LogP contribution in [0.1, 0.15) is 42.1 Å². The van der Waals surface area contributed by atoms with Gasteiger partial charge in [-0.1, -0.05) is 25.1 Å². The molecule has 1 aliphatic carbocycles. The lowest BCUT2D eigenvalue weighted by Gasteiger charge is -2.07. The molecule has 28 heavy (non-hydrogen) atoms. The van der Waals surface area contributed by atoms with E-state index in [4.69, 9.17) is 0 Å². The summed E-state index contributed by atoms with van der Waals surface area (Å²) in [4.78, 5) is 35.6. The Morgan fingerprint density at radius 1 is 1.00 bits per heavy atom. The van der Waals surface area contributed by atoms with E-state index in [1.807, 2.05) is 0 Å². The van der Waals surface area contributed by atoms with Crippen molar-refractivity contribution in [3.05, 3.63) is 65.7 Å². The lowest BCUT2D eigenvalue weighted by atomic mass is 10.1. The highest BCUT2D eigenvalue weighted by Crippen LogP contribution is 2.19. The molecule has 0 saturated heterocycles. The molecular formula is C22H23N3O3. The predicted octanol–water partition coefficient (Wildman–Crippen LogP) is 3.58. The summed E-state index contributed by atoms with van der Waals surface area (Å²) < 4.78 is 0. The first-order valence-electron chi connectivity index (χ1n) is 9.33. The lowest BCUT2D eigenvalue weighted by molar-refractivity contribution is -0.116. The molecule has 0 radical (unpaired) electrons. The van der Waals surface area contributed by atoms with Gasteiger partial charge in [-0.05, 0) is 54.8 Å². The normalized spacial score (nSPS) is 13.2. The fraction of sp³-hybridized carbons (Fsp3) is 0.227. The summed E-state index contributed by atoms with van der Waals surface area (Å²) >= 11 is 0. The van der Waals surface area contributed by atoms with Gasteiger partial charge in [-0.3, -0.25) is 14.4 Å². The average molecular weight is 377 g/mol. The summed E-state index contributed by atoms with van der Waals surface area (Å²) in [6, 6.07) is 14.4. The Hall–Kier alpha value is -3.41. The van der Waals surface area contributed by atoms with Gasteiger partial charge in [0.05, 0.1) is 0 Å². The van der Waals surface area contributed by atoms with Crippen LogP contribution in [0.3, 0.4) is 0 Å². The first-order valence-corrected chi connectivity index (χ1v) is 9.33. The Labute approximate surface area is 164 Å². The number of benzene rings is 2. The summed E-state index contributed by atoms with van der Waals surface area (Å²) in [7, 11) is 0. The maximum absolute atomic E-state index is 12.1. The second kappa shape index (κ2) is 8.99. The van der Waals surface area contributed by atoms with Crippen LogP contribution in [0.4, 0.5) is 11.4 Å². The van der Waals surface area contributed by atoms with Crippen molar-refractivity contribution in [1.29, 1.82) is 0 Å². The van der Waals surface area contributed by atoms with Crippen molar-refractivity contribution in [2.24, 2.45) is 0 Å². The minimum Gasteiger partial charge on any atom is -0.349 e. The van der Waals surface area contributed by atoms with Gasteiger partial charge < -0.3 is 16.0 Å². The second-order valence-corrected chi connectivity index (χ2v) is 6.67. The molecule has 0 heterocycles. The van der Waals surface area contributed by atoms with Gasteiger partial charge in [-0.25, -0.2) is 0 Å². The minimum atomic E-state index is -0.283. The van der Waals surface area contributed by atoms with Gasteiger partial charge in [0.25, 0.3) is 5.91 Å². The van der Waals surface area contributed by atoms with Crippen molar-refractivity contribution >= 4 is 35.2 Å². The molecule has 2 aromatic rings. The van der Waals surface area contributed by atoms with Crippen LogP contribution in [0.2, 0.25) is 0 Å². The van der Waals surface area contributed by atoms with E-state index in [0.717, 1.165) is 18.4 Å². The number of anilines is 2. The van der Waals surface area contributed by atoms with Crippen molar-refractivity contribution in [3.63, 3.8) is 0 Å². The fourth-order valence-electron chi connectivity index (χ4n) is 2.52. The van der Waals surface area contributed by atoms with Crippen LogP contribution in [0, 0.1) is 0 Å². The zero-order chi connectivity index (χ0) is 19.9. The Morgan fingerprint density at radius 3 is 2.32 bits per heavy atom. The van der Waals surface area contributed by atoms with Crippen molar-refractivity contribution in [3.8, 4) is 0 Å². The molecule has 0 aromatic heterocycles. The molecule has 1 aliphatic rings. The number of amides is 3. The van der Waals surface area contributed by atoms with Gasteiger partial charge in [0.15, 0.2) is 0 Å². The fourth-order valence-corrected chi connectivity index (χ4v) is 2.52. The van der Waals surface area contributed by atoms with Crippen molar-refractivity contribution in [1.82, 2.24) is 5.32 Å². The molecule has 0 spiro atoms. The quantitative estimate of drug-likeness (QED) is 0.645. The topological polar surface area (TPSA) is 87.3 Å². The van der Waals surface area contributed by atoms with E-state index in [1.54, 1.807) is 61.5 Å². The van der Waals surface area contributed by atoms with Crippen LogP contribution in [0.5, 0.6) is 0 Å². The van der Waals surface area contributed by atoms with E-state index >= 15 is 0 Å². The molecule has 144 valence electrons. The van der Waals surface area contributed by atoms with E-state index < -0.39 is 0 Å².